The van der Waals surface area contributed by atoms with Crippen LogP contribution < -0.4 is 10.6 Å². The summed E-state index contributed by atoms with van der Waals surface area (Å²) in [5.41, 5.74) is 1.72. The van der Waals surface area contributed by atoms with E-state index in [9.17, 15) is 9.59 Å². The number of nitrogens with one attached hydrogen (secondary N) is 2. The van der Waals surface area contributed by atoms with Gasteiger partial charge in [-0.1, -0.05) is 12.8 Å². The fourth-order valence-corrected chi connectivity index (χ4v) is 3.66. The third-order valence-electron chi connectivity index (χ3n) is 4.34. The van der Waals surface area contributed by atoms with Crippen molar-refractivity contribution in [2.45, 2.75) is 32.3 Å². The quantitative estimate of drug-likeness (QED) is 0.812. The minimum absolute atomic E-state index is 0.0677. The predicted molar refractivity (Wildman–Crippen MR) is 106 cm³/mol. The van der Waals surface area contributed by atoms with Crippen LogP contribution in [0.5, 0.6) is 0 Å². The number of carbonyl (C=O) groups is 2. The number of aromatic nitrogens is 1. The molecule has 1 aliphatic heterocycles. The van der Waals surface area contributed by atoms with E-state index in [1.54, 1.807) is 36.8 Å². The van der Waals surface area contributed by atoms with Crippen molar-refractivity contribution in [3.05, 3.63) is 40.3 Å². The van der Waals surface area contributed by atoms with Gasteiger partial charge >= 0.3 is 6.03 Å². The Morgan fingerprint density at radius 1 is 1.07 bits per heavy atom. The first-order valence-electron chi connectivity index (χ1n) is 9.06. The number of methoxy groups -OCH3 is 1. The molecule has 8 heteroatoms. The Kier molecular flexibility index (Phi) is 6.78. The molecule has 1 aromatic carbocycles. The van der Waals surface area contributed by atoms with Gasteiger partial charge in [0.1, 0.15) is 10.7 Å². The molecule has 0 aliphatic carbocycles. The van der Waals surface area contributed by atoms with Crippen molar-refractivity contribution < 1.29 is 14.3 Å². The zero-order chi connectivity index (χ0) is 19.1. The number of urea groups is 1. The number of ether oxygens (including phenoxy) is 1. The van der Waals surface area contributed by atoms with E-state index in [1.807, 2.05) is 4.90 Å². The van der Waals surface area contributed by atoms with E-state index in [0.717, 1.165) is 30.9 Å². The van der Waals surface area contributed by atoms with Crippen LogP contribution in [-0.4, -0.2) is 42.0 Å². The second-order valence-electron chi connectivity index (χ2n) is 6.42. The highest BCUT2D eigenvalue weighted by Gasteiger charge is 2.15. The van der Waals surface area contributed by atoms with E-state index in [1.165, 1.54) is 24.2 Å². The van der Waals surface area contributed by atoms with E-state index in [-0.39, 0.29) is 11.9 Å². The third-order valence-corrected chi connectivity index (χ3v) is 5.16. The van der Waals surface area contributed by atoms with Gasteiger partial charge in [-0.3, -0.25) is 4.79 Å². The smallest absolute Gasteiger partial charge is 0.321 e. The number of carbonyl (C=O) groups excluding carboxylic acids is 2. The molecule has 0 spiro atoms. The molecule has 2 heterocycles. The molecule has 2 aromatic rings. The second kappa shape index (κ2) is 9.48. The van der Waals surface area contributed by atoms with Crippen LogP contribution in [0.25, 0.3) is 0 Å². The Labute approximate surface area is 162 Å². The Balaban J connectivity index is 1.54. The van der Waals surface area contributed by atoms with Gasteiger partial charge < -0.3 is 20.3 Å². The van der Waals surface area contributed by atoms with Crippen molar-refractivity contribution in [2.24, 2.45) is 0 Å². The molecule has 3 amide bonds. The number of amides is 3. The summed E-state index contributed by atoms with van der Waals surface area (Å²) in [5.74, 6) is -0.269. The summed E-state index contributed by atoms with van der Waals surface area (Å²) in [5, 5.41) is 8.19. The van der Waals surface area contributed by atoms with Crippen LogP contribution in [0, 0.1) is 0 Å². The van der Waals surface area contributed by atoms with Gasteiger partial charge in [0.05, 0.1) is 6.61 Å². The van der Waals surface area contributed by atoms with E-state index >= 15 is 0 Å². The predicted octanol–water partition coefficient (Wildman–Crippen LogP) is 3.95. The standard InChI is InChI=1S/C19H24N4O3S/c1-26-12-17-22-16(13-27-17)18(24)20-14-6-8-15(9-7-14)21-19(25)23-10-4-2-3-5-11-23/h6-9,13H,2-5,10-12H2,1H3,(H,20,24)(H,21,25). The fourth-order valence-electron chi connectivity index (χ4n) is 2.91. The minimum Gasteiger partial charge on any atom is -0.378 e. The zero-order valence-electron chi connectivity index (χ0n) is 15.4. The number of anilines is 2. The van der Waals surface area contributed by atoms with Gasteiger partial charge in [0.15, 0.2) is 0 Å². The first-order chi connectivity index (χ1) is 13.2. The number of nitrogens with zero attached hydrogens (tertiary/aromatic N) is 2. The molecule has 1 aromatic heterocycles. The molecule has 0 saturated carbocycles. The summed E-state index contributed by atoms with van der Waals surface area (Å²) in [6.07, 6.45) is 4.48. The average molecular weight is 388 g/mol. The van der Waals surface area contributed by atoms with Gasteiger partial charge in [-0.15, -0.1) is 11.3 Å². The maximum atomic E-state index is 12.4. The summed E-state index contributed by atoms with van der Waals surface area (Å²) in [6.45, 7) is 2.00. The van der Waals surface area contributed by atoms with Crippen LogP contribution >= 0.6 is 11.3 Å². The highest BCUT2D eigenvalue weighted by Crippen LogP contribution is 2.17. The lowest BCUT2D eigenvalue weighted by Gasteiger charge is -2.20. The lowest BCUT2D eigenvalue weighted by Crippen LogP contribution is -2.35. The molecular weight excluding hydrogens is 364 g/mol. The van der Waals surface area contributed by atoms with Crippen molar-refractivity contribution in [2.75, 3.05) is 30.8 Å². The molecule has 144 valence electrons. The van der Waals surface area contributed by atoms with Crippen LogP contribution in [0.15, 0.2) is 29.6 Å². The van der Waals surface area contributed by atoms with Gasteiger partial charge in [-0.2, -0.15) is 0 Å². The van der Waals surface area contributed by atoms with Crippen LogP contribution in [0.1, 0.15) is 41.2 Å². The summed E-state index contributed by atoms with van der Waals surface area (Å²) < 4.78 is 5.01. The topological polar surface area (TPSA) is 83.6 Å². The zero-order valence-corrected chi connectivity index (χ0v) is 16.2. The van der Waals surface area contributed by atoms with Crippen molar-refractivity contribution in [3.8, 4) is 0 Å². The molecule has 1 saturated heterocycles. The van der Waals surface area contributed by atoms with Gasteiger partial charge in [0, 0.05) is 37.0 Å². The van der Waals surface area contributed by atoms with E-state index in [4.69, 9.17) is 4.74 Å². The Morgan fingerprint density at radius 3 is 2.33 bits per heavy atom. The van der Waals surface area contributed by atoms with E-state index in [2.05, 4.69) is 15.6 Å². The summed E-state index contributed by atoms with van der Waals surface area (Å²) in [6, 6.07) is 7.02. The molecule has 2 N–H and O–H groups in total. The van der Waals surface area contributed by atoms with E-state index < -0.39 is 0 Å². The van der Waals surface area contributed by atoms with Crippen LogP contribution in [0.2, 0.25) is 0 Å². The highest BCUT2D eigenvalue weighted by atomic mass is 32.1. The second-order valence-corrected chi connectivity index (χ2v) is 7.37. The van der Waals surface area contributed by atoms with Crippen molar-refractivity contribution >= 4 is 34.6 Å². The fraction of sp³-hybridized carbons (Fsp3) is 0.421. The number of rotatable bonds is 5. The molecule has 7 nitrogen and oxygen atoms in total. The van der Waals surface area contributed by atoms with Crippen molar-refractivity contribution in [1.29, 1.82) is 0 Å². The molecule has 0 atom stereocenters. The normalized spacial score (nSPS) is 14.5. The Bertz CT molecular complexity index is 768. The highest BCUT2D eigenvalue weighted by molar-refractivity contribution is 7.09. The lowest BCUT2D eigenvalue weighted by molar-refractivity contribution is 0.102. The summed E-state index contributed by atoms with van der Waals surface area (Å²) in [7, 11) is 1.59. The lowest BCUT2D eigenvalue weighted by atomic mass is 10.2. The molecule has 0 bridgehead atoms. The summed E-state index contributed by atoms with van der Waals surface area (Å²) >= 11 is 1.39. The third kappa shape index (κ3) is 5.51. The number of thiazole rings is 1. The largest absolute Gasteiger partial charge is 0.378 e. The van der Waals surface area contributed by atoms with Gasteiger partial charge in [-0.25, -0.2) is 9.78 Å². The van der Waals surface area contributed by atoms with Gasteiger partial charge in [0.2, 0.25) is 0 Å². The molecular formula is C19H24N4O3S. The van der Waals surface area contributed by atoms with E-state index in [0.29, 0.717) is 23.7 Å². The van der Waals surface area contributed by atoms with Gasteiger partial charge in [-0.05, 0) is 37.1 Å². The van der Waals surface area contributed by atoms with Crippen molar-refractivity contribution in [3.63, 3.8) is 0 Å². The number of likely N-dealkylation sites (tertiary alicyclic amines) is 1. The van der Waals surface area contributed by atoms with Crippen LogP contribution in [0.3, 0.4) is 0 Å². The molecule has 0 unspecified atom stereocenters. The molecule has 0 radical (unpaired) electrons. The van der Waals surface area contributed by atoms with Crippen molar-refractivity contribution in [1.82, 2.24) is 9.88 Å². The number of hydrogen-bond acceptors (Lipinski definition) is 5. The maximum Gasteiger partial charge on any atom is 0.321 e. The molecule has 1 fully saturated rings. The minimum atomic E-state index is -0.269. The van der Waals surface area contributed by atoms with Crippen LogP contribution in [-0.2, 0) is 11.3 Å². The Hall–Kier alpha value is -2.45. The molecule has 1 aliphatic rings. The number of hydrogen-bond donors (Lipinski definition) is 2. The SMILES string of the molecule is COCc1nc(C(=O)Nc2ccc(NC(=O)N3CCCCCC3)cc2)cs1. The number of benzene rings is 1. The maximum absolute atomic E-state index is 12.4. The summed E-state index contributed by atoms with van der Waals surface area (Å²) in [4.78, 5) is 30.7. The first kappa shape index (κ1) is 19.3. The molecule has 3 rings (SSSR count). The average Bonchev–Trinajstić information content (AvgIpc) is 2.96. The first-order valence-corrected chi connectivity index (χ1v) is 9.94. The van der Waals surface area contributed by atoms with Crippen LogP contribution in [0.4, 0.5) is 16.2 Å². The molecule has 27 heavy (non-hydrogen) atoms. The van der Waals surface area contributed by atoms with Gasteiger partial charge in [0.25, 0.3) is 5.91 Å². The Morgan fingerprint density at radius 2 is 1.70 bits per heavy atom. The monoisotopic (exact) mass is 388 g/mol.